The Labute approximate surface area is 184 Å². The Hall–Kier alpha value is -3.24. The number of benzene rings is 1. The molecule has 0 unspecified atom stereocenters. The first-order chi connectivity index (χ1) is 15.4. The van der Waals surface area contributed by atoms with Crippen molar-refractivity contribution in [2.45, 2.75) is 44.7 Å². The molecule has 0 saturated carbocycles. The third-order valence-electron chi connectivity index (χ3n) is 5.59. The number of hydrogen-bond donors (Lipinski definition) is 0. The highest BCUT2D eigenvalue weighted by molar-refractivity contribution is 5.94. The molecule has 5 nitrogen and oxygen atoms in total. The van der Waals surface area contributed by atoms with Crippen LogP contribution < -0.4 is 0 Å². The highest BCUT2D eigenvalue weighted by atomic mass is 19.4. The molecule has 176 valence electrons. The van der Waals surface area contributed by atoms with Crippen LogP contribution in [-0.2, 0) is 45.3 Å². The van der Waals surface area contributed by atoms with E-state index >= 15 is 0 Å². The molecule has 0 saturated heterocycles. The van der Waals surface area contributed by atoms with E-state index in [9.17, 15) is 31.1 Å². The van der Waals surface area contributed by atoms with Crippen molar-refractivity contribution in [2.75, 3.05) is 0 Å². The van der Waals surface area contributed by atoms with E-state index in [-0.39, 0.29) is 19.2 Å². The highest BCUT2D eigenvalue weighted by Crippen LogP contribution is 2.37. The molecule has 0 atom stereocenters. The molecule has 2 heterocycles. The topological polar surface area (TPSA) is 51.3 Å². The van der Waals surface area contributed by atoms with Crippen molar-refractivity contribution in [1.29, 1.82) is 0 Å². The van der Waals surface area contributed by atoms with Crippen LogP contribution in [0, 0.1) is 0 Å². The Bertz CT molecular complexity index is 1130. The maximum absolute atomic E-state index is 13.3. The molecule has 0 radical (unpaired) electrons. The molecule has 33 heavy (non-hydrogen) atoms. The van der Waals surface area contributed by atoms with Crippen molar-refractivity contribution < 1.29 is 35.6 Å². The summed E-state index contributed by atoms with van der Waals surface area (Å²) < 4.78 is 86.7. The highest BCUT2D eigenvalue weighted by Gasteiger charge is 2.38. The van der Waals surface area contributed by atoms with Gasteiger partial charge in [0.15, 0.2) is 0 Å². The second-order valence-corrected chi connectivity index (χ2v) is 7.88. The summed E-state index contributed by atoms with van der Waals surface area (Å²) >= 11 is 0. The number of fused-ring (bicyclic) bond motifs is 1. The molecule has 1 aromatic carbocycles. The fourth-order valence-corrected chi connectivity index (χ4v) is 4.06. The predicted octanol–water partition coefficient (Wildman–Crippen LogP) is 5.38. The summed E-state index contributed by atoms with van der Waals surface area (Å²) in [6.45, 7) is -0.227. The molecular formula is C22H19F6N3O2. The van der Waals surface area contributed by atoms with Crippen LogP contribution in [0.5, 0.6) is 0 Å². The van der Waals surface area contributed by atoms with Gasteiger partial charge in [-0.05, 0) is 55.2 Å². The van der Waals surface area contributed by atoms with Gasteiger partial charge in [0.2, 0.25) is 0 Å². The standard InChI is InChI=1S/C22H19F6N3O2/c1-30-19-6-2-5-17(19)18(29-30)12-31(11-16-4-3-7-33-16)20(32)13-8-14(21(23,24)25)10-15(9-13)22(26,27)28/h3-4,7-10H,2,5-6,11-12H2,1H3. The molecule has 3 aromatic rings. The minimum atomic E-state index is -5.05. The third kappa shape index (κ3) is 4.76. The number of furan rings is 1. The SMILES string of the molecule is Cn1nc(CN(Cc2ccco2)C(=O)c2cc(C(F)(F)F)cc(C(F)(F)F)c2)c2c1CCC2. The van der Waals surface area contributed by atoms with Gasteiger partial charge in [0, 0.05) is 18.3 Å². The molecular weight excluding hydrogens is 452 g/mol. The van der Waals surface area contributed by atoms with Crippen molar-refractivity contribution >= 4 is 5.91 Å². The van der Waals surface area contributed by atoms with E-state index in [1.807, 2.05) is 0 Å². The van der Waals surface area contributed by atoms with Crippen LogP contribution in [0.15, 0.2) is 41.0 Å². The molecule has 0 bridgehead atoms. The van der Waals surface area contributed by atoms with Crippen LogP contribution in [0.2, 0.25) is 0 Å². The number of aromatic nitrogens is 2. The maximum atomic E-state index is 13.3. The largest absolute Gasteiger partial charge is 0.467 e. The average Bonchev–Trinajstić information content (AvgIpc) is 3.46. The van der Waals surface area contributed by atoms with Gasteiger partial charge in [-0.3, -0.25) is 9.48 Å². The zero-order chi connectivity index (χ0) is 24.0. The lowest BCUT2D eigenvalue weighted by molar-refractivity contribution is -0.143. The second kappa shape index (κ2) is 8.27. The van der Waals surface area contributed by atoms with Gasteiger partial charge < -0.3 is 9.32 Å². The van der Waals surface area contributed by atoms with E-state index in [1.54, 1.807) is 23.9 Å². The molecule has 4 rings (SSSR count). The average molecular weight is 471 g/mol. The summed E-state index contributed by atoms with van der Waals surface area (Å²) in [6, 6.07) is 4.02. The first kappa shape index (κ1) is 22.9. The summed E-state index contributed by atoms with van der Waals surface area (Å²) in [5.74, 6) is -0.653. The van der Waals surface area contributed by atoms with Crippen LogP contribution in [-0.4, -0.2) is 20.6 Å². The minimum Gasteiger partial charge on any atom is -0.467 e. The van der Waals surface area contributed by atoms with Crippen LogP contribution in [0.25, 0.3) is 0 Å². The van der Waals surface area contributed by atoms with E-state index in [1.165, 1.54) is 6.26 Å². The molecule has 1 amide bonds. The van der Waals surface area contributed by atoms with Gasteiger partial charge in [-0.1, -0.05) is 0 Å². The van der Waals surface area contributed by atoms with Crippen molar-refractivity contribution in [1.82, 2.24) is 14.7 Å². The van der Waals surface area contributed by atoms with E-state index in [2.05, 4.69) is 5.10 Å². The Morgan fingerprint density at radius 3 is 2.30 bits per heavy atom. The fraction of sp³-hybridized carbons (Fsp3) is 0.364. The van der Waals surface area contributed by atoms with Gasteiger partial charge in [-0.15, -0.1) is 0 Å². The maximum Gasteiger partial charge on any atom is 0.416 e. The Morgan fingerprint density at radius 1 is 1.06 bits per heavy atom. The number of aryl methyl sites for hydroxylation is 1. The zero-order valence-corrected chi connectivity index (χ0v) is 17.4. The van der Waals surface area contributed by atoms with Crippen molar-refractivity contribution in [2.24, 2.45) is 7.05 Å². The number of hydrogen-bond acceptors (Lipinski definition) is 3. The Morgan fingerprint density at radius 2 is 1.73 bits per heavy atom. The van der Waals surface area contributed by atoms with Crippen LogP contribution in [0.1, 0.15) is 50.6 Å². The molecule has 11 heteroatoms. The minimum absolute atomic E-state index is 0.000715. The number of halogens is 6. The molecule has 0 spiro atoms. The summed E-state index contributed by atoms with van der Waals surface area (Å²) in [5, 5.41) is 4.42. The Kier molecular flexibility index (Phi) is 5.75. The fourth-order valence-electron chi connectivity index (χ4n) is 4.06. The quantitative estimate of drug-likeness (QED) is 0.470. The van der Waals surface area contributed by atoms with Gasteiger partial charge in [-0.25, -0.2) is 0 Å². The van der Waals surface area contributed by atoms with E-state index in [4.69, 9.17) is 4.42 Å². The molecule has 1 aliphatic rings. The van der Waals surface area contributed by atoms with Crippen LogP contribution in [0.3, 0.4) is 0 Å². The third-order valence-corrected chi connectivity index (χ3v) is 5.59. The number of amides is 1. The number of carbonyl (C=O) groups excluding carboxylic acids is 1. The monoisotopic (exact) mass is 471 g/mol. The van der Waals surface area contributed by atoms with Gasteiger partial charge >= 0.3 is 12.4 Å². The van der Waals surface area contributed by atoms with Crippen molar-refractivity contribution in [3.63, 3.8) is 0 Å². The molecule has 1 aliphatic carbocycles. The first-order valence-electron chi connectivity index (χ1n) is 10.1. The van der Waals surface area contributed by atoms with Crippen molar-refractivity contribution in [3.05, 3.63) is 76.0 Å². The first-order valence-corrected chi connectivity index (χ1v) is 10.1. The second-order valence-electron chi connectivity index (χ2n) is 7.88. The van der Waals surface area contributed by atoms with Crippen LogP contribution in [0.4, 0.5) is 26.3 Å². The van der Waals surface area contributed by atoms with Gasteiger partial charge in [0.25, 0.3) is 5.91 Å². The van der Waals surface area contributed by atoms with Gasteiger partial charge in [-0.2, -0.15) is 31.4 Å². The zero-order valence-electron chi connectivity index (χ0n) is 17.4. The summed E-state index contributed by atoms with van der Waals surface area (Å²) in [4.78, 5) is 14.4. The van der Waals surface area contributed by atoms with E-state index in [0.29, 0.717) is 23.6 Å². The summed E-state index contributed by atoms with van der Waals surface area (Å²) in [7, 11) is 1.76. The molecule has 0 fully saturated rings. The normalized spacial score (nSPS) is 13.9. The Balaban J connectivity index is 1.74. The predicted molar refractivity (Wildman–Crippen MR) is 104 cm³/mol. The molecule has 0 N–H and O–H groups in total. The lowest BCUT2D eigenvalue weighted by Gasteiger charge is -2.23. The number of alkyl halides is 6. The van der Waals surface area contributed by atoms with Gasteiger partial charge in [0.05, 0.1) is 36.2 Å². The van der Waals surface area contributed by atoms with Gasteiger partial charge in [0.1, 0.15) is 5.76 Å². The lowest BCUT2D eigenvalue weighted by Crippen LogP contribution is -2.31. The number of carbonyl (C=O) groups is 1. The van der Waals surface area contributed by atoms with E-state index < -0.39 is 35.0 Å². The van der Waals surface area contributed by atoms with E-state index in [0.717, 1.165) is 35.4 Å². The molecule has 0 aliphatic heterocycles. The van der Waals surface area contributed by atoms with Crippen LogP contribution >= 0.6 is 0 Å². The smallest absolute Gasteiger partial charge is 0.416 e. The molecule has 2 aromatic heterocycles. The number of nitrogens with zero attached hydrogens (tertiary/aromatic N) is 3. The summed E-state index contributed by atoms with van der Waals surface area (Å²) in [6.07, 6.45) is -6.28. The summed E-state index contributed by atoms with van der Waals surface area (Å²) in [5.41, 5.74) is -1.28. The lowest BCUT2D eigenvalue weighted by atomic mass is 10.0. The number of rotatable bonds is 5. The van der Waals surface area contributed by atoms with Crippen molar-refractivity contribution in [3.8, 4) is 0 Å².